The highest BCUT2D eigenvalue weighted by molar-refractivity contribution is 5.79. The Labute approximate surface area is 144 Å². The average molecular weight is 331 g/mol. The summed E-state index contributed by atoms with van der Waals surface area (Å²) in [5.74, 6) is 0.792. The monoisotopic (exact) mass is 331 g/mol. The lowest BCUT2D eigenvalue weighted by molar-refractivity contribution is -0.130. The van der Waals surface area contributed by atoms with E-state index in [-0.39, 0.29) is 11.8 Å². The third kappa shape index (κ3) is 5.06. The van der Waals surface area contributed by atoms with Crippen LogP contribution in [0.2, 0.25) is 0 Å². The minimum atomic E-state index is 0.0352. The zero-order valence-corrected chi connectivity index (χ0v) is 14.5. The lowest BCUT2D eigenvalue weighted by Gasteiger charge is -2.17. The topological polar surface area (TPSA) is 75.4 Å². The second-order valence-electron chi connectivity index (χ2n) is 6.52. The molecule has 1 heterocycles. The van der Waals surface area contributed by atoms with E-state index < -0.39 is 0 Å². The number of hydrogen-bond donors (Lipinski definition) is 2. The van der Waals surface area contributed by atoms with Gasteiger partial charge in [-0.05, 0) is 30.9 Å². The molecule has 0 aromatic heterocycles. The number of nitrogens with two attached hydrogens (primary N) is 1. The van der Waals surface area contributed by atoms with E-state index in [4.69, 9.17) is 5.73 Å². The fraction of sp³-hybridized carbons (Fsp3) is 0.579. The Morgan fingerprint density at radius 2 is 1.96 bits per heavy atom. The zero-order valence-electron chi connectivity index (χ0n) is 14.5. The van der Waals surface area contributed by atoms with Gasteiger partial charge < -0.3 is 16.0 Å². The van der Waals surface area contributed by atoms with Crippen LogP contribution in [0.3, 0.4) is 0 Å². The van der Waals surface area contributed by atoms with Crippen molar-refractivity contribution in [2.45, 2.75) is 38.5 Å². The summed E-state index contributed by atoms with van der Waals surface area (Å²) in [6.45, 7) is 4.76. The number of hydrogen-bond acceptors (Lipinski definition) is 3. The first-order valence-electron chi connectivity index (χ1n) is 8.95. The number of nitrogens with zero attached hydrogens (tertiary/aromatic N) is 1. The van der Waals surface area contributed by atoms with Crippen molar-refractivity contribution in [2.75, 3.05) is 26.2 Å². The predicted octanol–water partition coefficient (Wildman–Crippen LogP) is 1.88. The SMILES string of the molecule is CCCNC(=O)CCCC(=O)N1C[C@@H](CN)[C@H](c2ccccc2)C1. The van der Waals surface area contributed by atoms with Crippen molar-refractivity contribution in [1.29, 1.82) is 0 Å². The fourth-order valence-electron chi connectivity index (χ4n) is 3.30. The van der Waals surface area contributed by atoms with Gasteiger partial charge in [0.2, 0.25) is 11.8 Å². The predicted molar refractivity (Wildman–Crippen MR) is 95.5 cm³/mol. The molecule has 1 aliphatic rings. The highest BCUT2D eigenvalue weighted by atomic mass is 16.2. The first kappa shape index (κ1) is 18.5. The summed E-state index contributed by atoms with van der Waals surface area (Å²) < 4.78 is 0. The summed E-state index contributed by atoms with van der Waals surface area (Å²) >= 11 is 0. The molecule has 5 nitrogen and oxygen atoms in total. The second-order valence-corrected chi connectivity index (χ2v) is 6.52. The van der Waals surface area contributed by atoms with Crippen LogP contribution in [-0.4, -0.2) is 42.9 Å². The van der Waals surface area contributed by atoms with Crippen molar-refractivity contribution in [3.63, 3.8) is 0 Å². The number of carbonyl (C=O) groups excluding carboxylic acids is 2. The van der Waals surface area contributed by atoms with Gasteiger partial charge in [0.25, 0.3) is 0 Å². The van der Waals surface area contributed by atoms with Gasteiger partial charge in [0.1, 0.15) is 0 Å². The molecule has 1 aromatic carbocycles. The molecule has 5 heteroatoms. The molecule has 132 valence electrons. The van der Waals surface area contributed by atoms with Crippen LogP contribution in [0.1, 0.15) is 44.1 Å². The Morgan fingerprint density at radius 1 is 1.21 bits per heavy atom. The van der Waals surface area contributed by atoms with Gasteiger partial charge in [0.05, 0.1) is 0 Å². The van der Waals surface area contributed by atoms with E-state index in [2.05, 4.69) is 17.4 Å². The van der Waals surface area contributed by atoms with Gasteiger partial charge in [0.15, 0.2) is 0 Å². The molecule has 2 rings (SSSR count). The second kappa shape index (κ2) is 9.42. The molecule has 0 aliphatic carbocycles. The zero-order chi connectivity index (χ0) is 17.4. The third-order valence-corrected chi connectivity index (χ3v) is 4.69. The van der Waals surface area contributed by atoms with E-state index >= 15 is 0 Å². The molecule has 0 unspecified atom stereocenters. The molecule has 1 aromatic rings. The van der Waals surface area contributed by atoms with Gasteiger partial charge >= 0.3 is 0 Å². The van der Waals surface area contributed by atoms with E-state index in [9.17, 15) is 9.59 Å². The van der Waals surface area contributed by atoms with E-state index in [1.807, 2.05) is 30.0 Å². The van der Waals surface area contributed by atoms with Gasteiger partial charge in [-0.3, -0.25) is 9.59 Å². The third-order valence-electron chi connectivity index (χ3n) is 4.69. The molecule has 0 saturated carbocycles. The van der Waals surface area contributed by atoms with E-state index in [1.165, 1.54) is 5.56 Å². The van der Waals surface area contributed by atoms with Crippen LogP contribution in [-0.2, 0) is 9.59 Å². The van der Waals surface area contributed by atoms with Crippen LogP contribution in [0, 0.1) is 5.92 Å². The number of nitrogens with one attached hydrogen (secondary N) is 1. The Morgan fingerprint density at radius 3 is 2.62 bits per heavy atom. The molecule has 2 amide bonds. The Bertz CT molecular complexity index is 533. The molecule has 0 bridgehead atoms. The standard InChI is InChI=1S/C19H29N3O2/c1-2-11-21-18(23)9-6-10-19(24)22-13-16(12-20)17(14-22)15-7-4-3-5-8-15/h3-5,7-8,16-17H,2,6,9-14,20H2,1H3,(H,21,23)/t16-,17+/m1/s1. The van der Waals surface area contributed by atoms with Crippen molar-refractivity contribution < 1.29 is 9.59 Å². The molecule has 24 heavy (non-hydrogen) atoms. The molecular formula is C19H29N3O2. The smallest absolute Gasteiger partial charge is 0.222 e. The fourth-order valence-corrected chi connectivity index (χ4v) is 3.30. The van der Waals surface area contributed by atoms with E-state index in [0.717, 1.165) is 19.5 Å². The first-order chi connectivity index (χ1) is 11.7. The number of amides is 2. The molecule has 0 spiro atoms. The van der Waals surface area contributed by atoms with Crippen molar-refractivity contribution in [2.24, 2.45) is 11.7 Å². The number of carbonyl (C=O) groups is 2. The van der Waals surface area contributed by atoms with Crippen molar-refractivity contribution in [1.82, 2.24) is 10.2 Å². The summed E-state index contributed by atoms with van der Waals surface area (Å²) in [5, 5.41) is 2.84. The largest absolute Gasteiger partial charge is 0.356 e. The molecule has 1 aliphatic heterocycles. The first-order valence-corrected chi connectivity index (χ1v) is 8.95. The summed E-state index contributed by atoms with van der Waals surface area (Å²) in [5.41, 5.74) is 7.17. The highest BCUT2D eigenvalue weighted by Crippen LogP contribution is 2.32. The molecule has 3 N–H and O–H groups in total. The molecule has 1 fully saturated rings. The summed E-state index contributed by atoms with van der Waals surface area (Å²) in [6, 6.07) is 10.3. The normalized spacial score (nSPS) is 20.2. The number of rotatable bonds is 8. The summed E-state index contributed by atoms with van der Waals surface area (Å²) in [6.07, 6.45) is 2.38. The molecular weight excluding hydrogens is 302 g/mol. The maximum Gasteiger partial charge on any atom is 0.222 e. The minimum Gasteiger partial charge on any atom is -0.356 e. The molecule has 1 saturated heterocycles. The van der Waals surface area contributed by atoms with Crippen LogP contribution in [0.5, 0.6) is 0 Å². The quantitative estimate of drug-likeness (QED) is 0.764. The Hall–Kier alpha value is -1.88. The average Bonchev–Trinajstić information content (AvgIpc) is 3.05. The molecule has 0 radical (unpaired) electrons. The van der Waals surface area contributed by atoms with Crippen LogP contribution < -0.4 is 11.1 Å². The Balaban J connectivity index is 1.82. The van der Waals surface area contributed by atoms with Gasteiger partial charge in [-0.25, -0.2) is 0 Å². The lowest BCUT2D eigenvalue weighted by Crippen LogP contribution is -2.30. The Kier molecular flexibility index (Phi) is 7.25. The van der Waals surface area contributed by atoms with Crippen LogP contribution in [0.15, 0.2) is 30.3 Å². The lowest BCUT2D eigenvalue weighted by atomic mass is 9.89. The van der Waals surface area contributed by atoms with Crippen LogP contribution in [0.25, 0.3) is 0 Å². The van der Waals surface area contributed by atoms with Crippen LogP contribution >= 0.6 is 0 Å². The van der Waals surface area contributed by atoms with Crippen molar-refractivity contribution in [3.8, 4) is 0 Å². The number of benzene rings is 1. The minimum absolute atomic E-state index is 0.0352. The highest BCUT2D eigenvalue weighted by Gasteiger charge is 2.34. The van der Waals surface area contributed by atoms with Gasteiger partial charge in [0, 0.05) is 38.4 Å². The number of likely N-dealkylation sites (tertiary alicyclic amines) is 1. The van der Waals surface area contributed by atoms with Gasteiger partial charge in [-0.15, -0.1) is 0 Å². The van der Waals surface area contributed by atoms with Crippen LogP contribution in [0.4, 0.5) is 0 Å². The van der Waals surface area contributed by atoms with Crippen molar-refractivity contribution >= 4 is 11.8 Å². The molecule has 2 atom stereocenters. The maximum atomic E-state index is 12.4. The maximum absolute atomic E-state index is 12.4. The summed E-state index contributed by atoms with van der Waals surface area (Å²) in [7, 11) is 0. The van der Waals surface area contributed by atoms with Gasteiger partial charge in [-0.2, -0.15) is 0 Å². The summed E-state index contributed by atoms with van der Waals surface area (Å²) in [4.78, 5) is 25.9. The van der Waals surface area contributed by atoms with Crippen molar-refractivity contribution in [3.05, 3.63) is 35.9 Å². The van der Waals surface area contributed by atoms with E-state index in [1.54, 1.807) is 0 Å². The van der Waals surface area contributed by atoms with E-state index in [0.29, 0.717) is 44.2 Å². The van der Waals surface area contributed by atoms with Gasteiger partial charge in [-0.1, -0.05) is 37.3 Å².